The Morgan fingerprint density at radius 1 is 0.956 bits per heavy atom. The molecule has 1 spiro atoms. The molecule has 1 heterocycles. The SMILES string of the molecule is CCCCCC(=O)N1C(Cc2ccc(OP(=O)(O)O)cc2)C(=O)N(C(C(=O)CCCCCCC(C)=O)C(C)CC)C12CCCC2. The van der Waals surface area contributed by atoms with Crippen LogP contribution in [0.3, 0.4) is 0 Å². The number of ketones is 2. The van der Waals surface area contributed by atoms with Crippen LogP contribution in [0.25, 0.3) is 0 Å². The van der Waals surface area contributed by atoms with Crippen LogP contribution in [0.5, 0.6) is 5.75 Å². The van der Waals surface area contributed by atoms with Crippen molar-refractivity contribution >= 4 is 31.2 Å². The lowest BCUT2D eigenvalue weighted by Crippen LogP contribution is -2.60. The van der Waals surface area contributed by atoms with Gasteiger partial charge in [-0.25, -0.2) is 4.57 Å². The number of unbranched alkanes of at least 4 members (excludes halogenated alkanes) is 5. The van der Waals surface area contributed by atoms with Crippen molar-refractivity contribution in [3.63, 3.8) is 0 Å². The van der Waals surface area contributed by atoms with Crippen LogP contribution in [0.1, 0.15) is 130 Å². The normalized spacial score (nSPS) is 19.2. The van der Waals surface area contributed by atoms with Gasteiger partial charge in [0.2, 0.25) is 11.8 Å². The molecule has 2 aliphatic rings. The first kappa shape index (κ1) is 36.9. The lowest BCUT2D eigenvalue weighted by Gasteiger charge is -2.46. The summed E-state index contributed by atoms with van der Waals surface area (Å²) in [5.41, 5.74) is -0.121. The maximum absolute atomic E-state index is 14.6. The third kappa shape index (κ3) is 9.72. The van der Waals surface area contributed by atoms with Gasteiger partial charge in [-0.05, 0) is 75.5 Å². The lowest BCUT2D eigenvalue weighted by atomic mass is 9.88. The number of phosphoric ester groups is 1. The van der Waals surface area contributed by atoms with Crippen LogP contribution in [0.2, 0.25) is 0 Å². The number of nitrogens with zero attached hydrogens (tertiary/aromatic N) is 2. The highest BCUT2D eigenvalue weighted by Crippen LogP contribution is 2.48. The van der Waals surface area contributed by atoms with E-state index in [9.17, 15) is 23.7 Å². The first-order valence-corrected chi connectivity index (χ1v) is 18.4. The van der Waals surface area contributed by atoms with Crippen molar-refractivity contribution in [1.82, 2.24) is 9.80 Å². The number of benzene rings is 1. The van der Waals surface area contributed by atoms with Gasteiger partial charge in [-0.1, -0.05) is 65.0 Å². The standard InChI is InChI=1S/C34H53N2O8P/c1-5-7-10-17-31(39)35-29(24-27-18-20-28(21-19-27)44-45(41,42)43)33(40)36(34(35)22-13-14-23-34)32(25(3)6-2)30(38)16-12-9-8-11-15-26(4)37/h18-21,25,29,32H,5-17,22-24H2,1-4H3,(H2,41,42,43). The van der Waals surface area contributed by atoms with Gasteiger partial charge in [0.1, 0.15) is 23.2 Å². The van der Waals surface area contributed by atoms with Crippen molar-refractivity contribution in [3.05, 3.63) is 29.8 Å². The molecule has 1 aromatic rings. The maximum Gasteiger partial charge on any atom is 0.524 e. The summed E-state index contributed by atoms with van der Waals surface area (Å²) < 4.78 is 16.0. The van der Waals surface area contributed by atoms with Gasteiger partial charge in [-0.2, -0.15) is 0 Å². The monoisotopic (exact) mass is 648 g/mol. The topological polar surface area (TPSA) is 142 Å². The van der Waals surface area contributed by atoms with Gasteiger partial charge in [0, 0.05) is 25.7 Å². The Morgan fingerprint density at radius 3 is 2.11 bits per heavy atom. The summed E-state index contributed by atoms with van der Waals surface area (Å²) in [4.78, 5) is 76.0. The van der Waals surface area contributed by atoms with E-state index < -0.39 is 25.6 Å². The Bertz CT molecular complexity index is 1210. The van der Waals surface area contributed by atoms with E-state index in [1.165, 1.54) is 12.1 Å². The number of amides is 2. The Kier molecular flexibility index (Phi) is 13.8. The molecule has 1 aliphatic heterocycles. The molecule has 45 heavy (non-hydrogen) atoms. The molecule has 3 rings (SSSR count). The lowest BCUT2D eigenvalue weighted by molar-refractivity contribution is -0.150. The molecule has 2 amide bonds. The number of phosphoric acid groups is 1. The number of hydrogen-bond donors (Lipinski definition) is 2. The van der Waals surface area contributed by atoms with Crippen molar-refractivity contribution in [2.24, 2.45) is 5.92 Å². The predicted octanol–water partition coefficient (Wildman–Crippen LogP) is 6.50. The van der Waals surface area contributed by atoms with Gasteiger partial charge in [-0.3, -0.25) is 24.2 Å². The van der Waals surface area contributed by atoms with Crippen LogP contribution >= 0.6 is 7.82 Å². The molecule has 1 saturated carbocycles. The van der Waals surface area contributed by atoms with Crippen molar-refractivity contribution in [3.8, 4) is 5.75 Å². The van der Waals surface area contributed by atoms with E-state index in [1.54, 1.807) is 19.1 Å². The zero-order valence-corrected chi connectivity index (χ0v) is 28.4. The van der Waals surface area contributed by atoms with E-state index in [1.807, 2.05) is 23.6 Å². The fourth-order valence-electron chi connectivity index (χ4n) is 7.09. The molecule has 0 bridgehead atoms. The summed E-state index contributed by atoms with van der Waals surface area (Å²) in [5, 5.41) is 0. The Morgan fingerprint density at radius 2 is 1.56 bits per heavy atom. The van der Waals surface area contributed by atoms with E-state index in [4.69, 9.17) is 14.3 Å². The van der Waals surface area contributed by atoms with Crippen LogP contribution in [-0.4, -0.2) is 60.7 Å². The minimum atomic E-state index is -4.72. The van der Waals surface area contributed by atoms with E-state index in [0.29, 0.717) is 44.9 Å². The van der Waals surface area contributed by atoms with Crippen molar-refractivity contribution < 1.29 is 38.1 Å². The quantitative estimate of drug-likeness (QED) is 0.128. The Balaban J connectivity index is 1.95. The molecule has 10 nitrogen and oxygen atoms in total. The summed E-state index contributed by atoms with van der Waals surface area (Å²) in [6.07, 6.45) is 11.0. The van der Waals surface area contributed by atoms with Crippen LogP contribution in [-0.2, 0) is 30.2 Å². The summed E-state index contributed by atoms with van der Waals surface area (Å²) in [7, 11) is -4.72. The highest BCUT2D eigenvalue weighted by atomic mass is 31.2. The second-order valence-corrected chi connectivity index (χ2v) is 14.1. The smallest absolute Gasteiger partial charge is 0.404 e. The Hall–Kier alpha value is -2.55. The second kappa shape index (κ2) is 16.8. The third-order valence-corrected chi connectivity index (χ3v) is 9.92. The molecule has 3 unspecified atom stereocenters. The number of carbonyl (C=O) groups excluding carboxylic acids is 4. The predicted molar refractivity (Wildman–Crippen MR) is 172 cm³/mol. The summed E-state index contributed by atoms with van der Waals surface area (Å²) >= 11 is 0. The van der Waals surface area contributed by atoms with Crippen LogP contribution in [0, 0.1) is 5.92 Å². The molecule has 0 radical (unpaired) electrons. The molecule has 11 heteroatoms. The zero-order chi connectivity index (χ0) is 33.2. The first-order valence-electron chi connectivity index (χ1n) is 16.9. The fourth-order valence-corrected chi connectivity index (χ4v) is 7.49. The van der Waals surface area contributed by atoms with Gasteiger partial charge in [0.05, 0.1) is 6.04 Å². The molecule has 0 aromatic heterocycles. The van der Waals surface area contributed by atoms with Gasteiger partial charge in [0.25, 0.3) is 0 Å². The summed E-state index contributed by atoms with van der Waals surface area (Å²) in [5.74, 6) is -0.129. The van der Waals surface area contributed by atoms with Gasteiger partial charge in [-0.15, -0.1) is 0 Å². The van der Waals surface area contributed by atoms with Crippen LogP contribution in [0.4, 0.5) is 0 Å². The van der Waals surface area contributed by atoms with Gasteiger partial charge >= 0.3 is 7.82 Å². The Labute approximate surface area is 268 Å². The molecular weight excluding hydrogens is 595 g/mol. The highest BCUT2D eigenvalue weighted by molar-refractivity contribution is 7.46. The molecule has 1 saturated heterocycles. The van der Waals surface area contributed by atoms with E-state index in [-0.39, 0.29) is 41.5 Å². The molecule has 1 aromatic carbocycles. The fraction of sp³-hybridized carbons (Fsp3) is 0.706. The van der Waals surface area contributed by atoms with Crippen molar-refractivity contribution in [1.29, 1.82) is 0 Å². The number of rotatable bonds is 19. The number of hydrogen-bond acceptors (Lipinski definition) is 6. The molecule has 2 fully saturated rings. The van der Waals surface area contributed by atoms with Crippen LogP contribution in [0.15, 0.2) is 24.3 Å². The van der Waals surface area contributed by atoms with Crippen molar-refractivity contribution in [2.75, 3.05) is 0 Å². The van der Waals surface area contributed by atoms with Crippen LogP contribution < -0.4 is 4.52 Å². The number of Topliss-reactive ketones (excluding diaryl/α,β-unsaturated/α-hetero) is 2. The molecule has 2 N–H and O–H groups in total. The molecule has 252 valence electrons. The average Bonchev–Trinajstić information content (AvgIpc) is 3.54. The molecule has 1 aliphatic carbocycles. The highest BCUT2D eigenvalue weighted by Gasteiger charge is 2.62. The van der Waals surface area contributed by atoms with E-state index >= 15 is 0 Å². The minimum Gasteiger partial charge on any atom is -0.404 e. The second-order valence-electron chi connectivity index (χ2n) is 13.0. The third-order valence-electron chi connectivity index (χ3n) is 9.47. The summed E-state index contributed by atoms with van der Waals surface area (Å²) in [6, 6.07) is 4.81. The molecular formula is C34H53N2O8P. The van der Waals surface area contributed by atoms with E-state index in [2.05, 4.69) is 6.92 Å². The van der Waals surface area contributed by atoms with E-state index in [0.717, 1.165) is 56.9 Å². The van der Waals surface area contributed by atoms with Gasteiger partial charge in [0.15, 0.2) is 5.78 Å². The van der Waals surface area contributed by atoms with Crippen molar-refractivity contribution in [2.45, 2.75) is 148 Å². The zero-order valence-electron chi connectivity index (χ0n) is 27.5. The average molecular weight is 649 g/mol. The maximum atomic E-state index is 14.6. The minimum absolute atomic E-state index is 0.00921. The van der Waals surface area contributed by atoms with Gasteiger partial charge < -0.3 is 19.1 Å². The first-order chi connectivity index (χ1) is 21.3. The number of carbonyl (C=O) groups is 4. The summed E-state index contributed by atoms with van der Waals surface area (Å²) in [6.45, 7) is 7.72. The molecule has 3 atom stereocenters. The largest absolute Gasteiger partial charge is 0.524 e.